The topological polar surface area (TPSA) is 69.4 Å². The minimum atomic E-state index is -3.16. The number of sulfone groups is 1. The van der Waals surface area contributed by atoms with Gasteiger partial charge in [0.2, 0.25) is 0 Å². The first-order valence-electron chi connectivity index (χ1n) is 5.69. The fourth-order valence-electron chi connectivity index (χ4n) is 1.29. The van der Waals surface area contributed by atoms with Crippen molar-refractivity contribution >= 4 is 9.84 Å². The van der Waals surface area contributed by atoms with Crippen LogP contribution in [0.3, 0.4) is 0 Å². The highest BCUT2D eigenvalue weighted by Gasteiger charge is 2.16. The zero-order valence-electron chi connectivity index (χ0n) is 10.5. The van der Waals surface area contributed by atoms with Gasteiger partial charge in [-0.2, -0.15) is 0 Å². The second kappa shape index (κ2) is 6.15. The van der Waals surface area contributed by atoms with Crippen molar-refractivity contribution in [1.82, 2.24) is 0 Å². The lowest BCUT2D eigenvalue weighted by atomic mass is 10.2. The Balaban J connectivity index is 2.60. The van der Waals surface area contributed by atoms with Crippen LogP contribution < -0.4 is 10.5 Å². The monoisotopic (exact) mass is 275 g/mol. The highest BCUT2D eigenvalue weighted by molar-refractivity contribution is 7.91. The third-order valence-corrected chi connectivity index (χ3v) is 4.75. The summed E-state index contributed by atoms with van der Waals surface area (Å²) in [5, 5.41) is -0.453. The smallest absolute Gasteiger partial charge is 0.165 e. The first kappa shape index (κ1) is 14.9. The van der Waals surface area contributed by atoms with E-state index in [4.69, 9.17) is 10.5 Å². The van der Waals surface area contributed by atoms with Gasteiger partial charge in [0.15, 0.2) is 21.4 Å². The molecule has 0 aliphatic heterocycles. The maximum Gasteiger partial charge on any atom is 0.165 e. The standard InChI is InChI=1S/C12H18FNO3S/c1-9(2)18(15,16)6-5-17-12-4-3-10(8-14)7-11(12)13/h3-4,7,9H,5-6,8,14H2,1-2H3. The Labute approximate surface area is 107 Å². The van der Waals surface area contributed by atoms with E-state index in [1.807, 2.05) is 0 Å². The normalized spacial score (nSPS) is 11.8. The van der Waals surface area contributed by atoms with E-state index in [1.54, 1.807) is 19.9 Å². The van der Waals surface area contributed by atoms with Gasteiger partial charge in [-0.1, -0.05) is 6.07 Å². The van der Waals surface area contributed by atoms with Gasteiger partial charge in [-0.25, -0.2) is 12.8 Å². The molecule has 2 N–H and O–H groups in total. The van der Waals surface area contributed by atoms with Gasteiger partial charge in [-0.3, -0.25) is 0 Å². The Morgan fingerprint density at radius 2 is 2.06 bits per heavy atom. The van der Waals surface area contributed by atoms with Gasteiger partial charge in [0.25, 0.3) is 0 Å². The van der Waals surface area contributed by atoms with Crippen molar-refractivity contribution in [2.24, 2.45) is 5.73 Å². The molecule has 1 aromatic carbocycles. The highest BCUT2D eigenvalue weighted by Crippen LogP contribution is 2.18. The molecule has 0 saturated carbocycles. The Morgan fingerprint density at radius 3 is 2.56 bits per heavy atom. The molecule has 0 aliphatic carbocycles. The number of nitrogens with two attached hydrogens (primary N) is 1. The van der Waals surface area contributed by atoms with Crippen LogP contribution in [0.25, 0.3) is 0 Å². The van der Waals surface area contributed by atoms with Crippen LogP contribution >= 0.6 is 0 Å². The maximum absolute atomic E-state index is 13.5. The predicted octanol–water partition coefficient (Wildman–Crippen LogP) is 1.49. The number of benzene rings is 1. The quantitative estimate of drug-likeness (QED) is 0.854. The van der Waals surface area contributed by atoms with E-state index in [0.29, 0.717) is 5.56 Å². The molecule has 1 rings (SSSR count). The van der Waals surface area contributed by atoms with E-state index in [9.17, 15) is 12.8 Å². The lowest BCUT2D eigenvalue weighted by molar-refractivity contribution is 0.322. The summed E-state index contributed by atoms with van der Waals surface area (Å²) in [6.07, 6.45) is 0. The van der Waals surface area contributed by atoms with E-state index < -0.39 is 20.9 Å². The van der Waals surface area contributed by atoms with E-state index in [0.717, 1.165) is 0 Å². The molecule has 0 spiro atoms. The molecule has 18 heavy (non-hydrogen) atoms. The molecule has 0 amide bonds. The first-order valence-corrected chi connectivity index (χ1v) is 7.41. The number of rotatable bonds is 6. The molecule has 0 atom stereocenters. The third-order valence-electron chi connectivity index (χ3n) is 2.58. The van der Waals surface area contributed by atoms with Crippen LogP contribution in [0.1, 0.15) is 19.4 Å². The third kappa shape index (κ3) is 3.96. The molecule has 102 valence electrons. The van der Waals surface area contributed by atoms with Gasteiger partial charge in [-0.05, 0) is 31.5 Å². The lowest BCUT2D eigenvalue weighted by Crippen LogP contribution is -2.22. The molecule has 0 heterocycles. The Kier molecular flexibility index (Phi) is 5.10. The molecular weight excluding hydrogens is 257 g/mol. The van der Waals surface area contributed by atoms with E-state index in [-0.39, 0.29) is 24.7 Å². The molecule has 0 radical (unpaired) electrons. The SMILES string of the molecule is CC(C)S(=O)(=O)CCOc1ccc(CN)cc1F. The molecule has 1 aromatic rings. The molecule has 4 nitrogen and oxygen atoms in total. The van der Waals surface area contributed by atoms with E-state index >= 15 is 0 Å². The molecule has 0 bridgehead atoms. The van der Waals surface area contributed by atoms with Crippen LogP contribution in [0.5, 0.6) is 5.75 Å². The maximum atomic E-state index is 13.5. The van der Waals surface area contributed by atoms with Crippen LogP contribution in [-0.2, 0) is 16.4 Å². The van der Waals surface area contributed by atoms with Gasteiger partial charge >= 0.3 is 0 Å². The zero-order valence-corrected chi connectivity index (χ0v) is 11.3. The lowest BCUT2D eigenvalue weighted by Gasteiger charge is -2.10. The van der Waals surface area contributed by atoms with Crippen molar-refractivity contribution in [3.63, 3.8) is 0 Å². The Bertz CT molecular complexity index is 500. The summed E-state index contributed by atoms with van der Waals surface area (Å²) in [4.78, 5) is 0. The van der Waals surface area contributed by atoms with Crippen LogP contribution in [0, 0.1) is 5.82 Å². The Hall–Kier alpha value is -1.14. The van der Waals surface area contributed by atoms with Crippen molar-refractivity contribution < 1.29 is 17.5 Å². The van der Waals surface area contributed by atoms with Crippen LogP contribution in [0.15, 0.2) is 18.2 Å². The van der Waals surface area contributed by atoms with Crippen molar-refractivity contribution in [3.8, 4) is 5.75 Å². The summed E-state index contributed by atoms with van der Waals surface area (Å²) < 4.78 is 41.6. The average Bonchev–Trinajstić information content (AvgIpc) is 2.30. The molecule has 6 heteroatoms. The van der Waals surface area contributed by atoms with E-state index in [2.05, 4.69) is 0 Å². The van der Waals surface area contributed by atoms with Crippen molar-refractivity contribution in [1.29, 1.82) is 0 Å². The van der Waals surface area contributed by atoms with Crippen molar-refractivity contribution in [2.75, 3.05) is 12.4 Å². The molecule has 0 saturated heterocycles. The highest BCUT2D eigenvalue weighted by atomic mass is 32.2. The summed E-state index contributed by atoms with van der Waals surface area (Å²) in [6, 6.07) is 4.39. The fourth-order valence-corrected chi connectivity index (χ4v) is 2.08. The van der Waals surface area contributed by atoms with Gasteiger partial charge in [0.05, 0.1) is 11.0 Å². The van der Waals surface area contributed by atoms with Gasteiger partial charge in [-0.15, -0.1) is 0 Å². The zero-order chi connectivity index (χ0) is 13.8. The minimum Gasteiger partial charge on any atom is -0.489 e. The fraction of sp³-hybridized carbons (Fsp3) is 0.500. The summed E-state index contributed by atoms with van der Waals surface area (Å²) in [7, 11) is -3.16. The minimum absolute atomic E-state index is 0.0474. The number of halogens is 1. The van der Waals surface area contributed by atoms with Crippen molar-refractivity contribution in [2.45, 2.75) is 25.6 Å². The van der Waals surface area contributed by atoms with Crippen LogP contribution in [-0.4, -0.2) is 26.0 Å². The van der Waals surface area contributed by atoms with E-state index in [1.165, 1.54) is 12.1 Å². The molecule has 0 aliphatic rings. The van der Waals surface area contributed by atoms with Crippen molar-refractivity contribution in [3.05, 3.63) is 29.6 Å². The first-order chi connectivity index (χ1) is 8.36. The number of ether oxygens (including phenoxy) is 1. The molecule has 0 aromatic heterocycles. The summed E-state index contributed by atoms with van der Waals surface area (Å²) in [5.41, 5.74) is 6.03. The largest absolute Gasteiger partial charge is 0.489 e. The molecule has 0 fully saturated rings. The average molecular weight is 275 g/mol. The second-order valence-corrected chi connectivity index (χ2v) is 6.91. The summed E-state index contributed by atoms with van der Waals surface area (Å²) in [6.45, 7) is 3.40. The molecular formula is C12H18FNO3S. The van der Waals surface area contributed by atoms with Crippen LogP contribution in [0.4, 0.5) is 4.39 Å². The van der Waals surface area contributed by atoms with Gasteiger partial charge < -0.3 is 10.5 Å². The second-order valence-electron chi connectivity index (χ2n) is 4.23. The van der Waals surface area contributed by atoms with Gasteiger partial charge in [0.1, 0.15) is 6.61 Å². The molecule has 0 unspecified atom stereocenters. The number of hydrogen-bond donors (Lipinski definition) is 1. The summed E-state index contributed by atoms with van der Waals surface area (Å²) >= 11 is 0. The summed E-state index contributed by atoms with van der Waals surface area (Å²) in [5.74, 6) is -0.603. The van der Waals surface area contributed by atoms with Gasteiger partial charge in [0, 0.05) is 6.54 Å². The van der Waals surface area contributed by atoms with Crippen LogP contribution in [0.2, 0.25) is 0 Å². The predicted molar refractivity (Wildman–Crippen MR) is 68.7 cm³/mol. The number of hydrogen-bond acceptors (Lipinski definition) is 4. The Morgan fingerprint density at radius 1 is 1.39 bits per heavy atom.